The molecule has 2 aliphatic rings. The van der Waals surface area contributed by atoms with Gasteiger partial charge in [0.2, 0.25) is 5.91 Å². The van der Waals surface area contributed by atoms with Gasteiger partial charge >= 0.3 is 0 Å². The SMILES string of the molecule is CC1CCCCN1Cc1ccc(NC(=O)[C@H]2NCCO[C@@H]2C)cc1.Cl.Cl. The molecule has 1 unspecified atom stereocenters. The van der Waals surface area contributed by atoms with Crippen LogP contribution in [0.5, 0.6) is 0 Å². The van der Waals surface area contributed by atoms with E-state index in [4.69, 9.17) is 4.74 Å². The monoisotopic (exact) mass is 403 g/mol. The number of benzene rings is 1. The van der Waals surface area contributed by atoms with E-state index >= 15 is 0 Å². The van der Waals surface area contributed by atoms with E-state index in [1.54, 1.807) is 0 Å². The summed E-state index contributed by atoms with van der Waals surface area (Å²) in [7, 11) is 0. The summed E-state index contributed by atoms with van der Waals surface area (Å²) in [5.41, 5.74) is 2.14. The molecular weight excluding hydrogens is 373 g/mol. The number of nitrogens with zero attached hydrogens (tertiary/aromatic N) is 1. The van der Waals surface area contributed by atoms with E-state index in [0.29, 0.717) is 12.6 Å². The van der Waals surface area contributed by atoms with Gasteiger partial charge in [0, 0.05) is 24.8 Å². The van der Waals surface area contributed by atoms with E-state index < -0.39 is 0 Å². The summed E-state index contributed by atoms with van der Waals surface area (Å²) >= 11 is 0. The van der Waals surface area contributed by atoms with Crippen LogP contribution in [-0.2, 0) is 16.1 Å². The van der Waals surface area contributed by atoms with Crippen LogP contribution in [0.15, 0.2) is 24.3 Å². The first-order chi connectivity index (χ1) is 11.6. The van der Waals surface area contributed by atoms with E-state index in [0.717, 1.165) is 18.8 Å². The van der Waals surface area contributed by atoms with Crippen molar-refractivity contribution in [3.8, 4) is 0 Å². The standard InChI is InChI=1S/C19H29N3O2.2ClH/c1-14-5-3-4-11-22(14)13-16-6-8-17(9-7-16)21-19(23)18-15(2)24-12-10-20-18;;/h6-9,14-15,18,20H,3-5,10-13H2,1-2H3,(H,21,23);2*1H/t14?,15-,18+;;/m1../s1. The van der Waals surface area contributed by atoms with Crippen LogP contribution in [0.25, 0.3) is 0 Å². The van der Waals surface area contributed by atoms with Crippen LogP contribution in [0, 0.1) is 0 Å². The highest BCUT2D eigenvalue weighted by atomic mass is 35.5. The van der Waals surface area contributed by atoms with Crippen molar-refractivity contribution < 1.29 is 9.53 Å². The predicted octanol–water partition coefficient (Wildman–Crippen LogP) is 3.22. The number of morpholine rings is 1. The number of rotatable bonds is 4. The molecule has 148 valence electrons. The molecule has 0 bridgehead atoms. The number of carbonyl (C=O) groups excluding carboxylic acids is 1. The number of hydrogen-bond acceptors (Lipinski definition) is 4. The zero-order chi connectivity index (χ0) is 16.9. The molecule has 3 rings (SSSR count). The summed E-state index contributed by atoms with van der Waals surface area (Å²) in [5.74, 6) is -0.0281. The van der Waals surface area contributed by atoms with Crippen LogP contribution in [0.3, 0.4) is 0 Å². The minimum atomic E-state index is -0.285. The van der Waals surface area contributed by atoms with Crippen molar-refractivity contribution in [2.75, 3.05) is 25.0 Å². The van der Waals surface area contributed by atoms with E-state index in [9.17, 15) is 4.79 Å². The molecule has 0 spiro atoms. The van der Waals surface area contributed by atoms with Gasteiger partial charge in [-0.25, -0.2) is 0 Å². The maximum Gasteiger partial charge on any atom is 0.244 e. The van der Waals surface area contributed by atoms with Gasteiger partial charge in [-0.15, -0.1) is 24.8 Å². The van der Waals surface area contributed by atoms with E-state index in [2.05, 4.69) is 34.6 Å². The molecule has 1 aromatic rings. The number of ether oxygens (including phenoxy) is 1. The lowest BCUT2D eigenvalue weighted by molar-refractivity contribution is -0.123. The fraction of sp³-hybridized carbons (Fsp3) is 0.632. The molecule has 0 saturated carbocycles. The summed E-state index contributed by atoms with van der Waals surface area (Å²) in [4.78, 5) is 14.9. The Labute approximate surface area is 169 Å². The summed E-state index contributed by atoms with van der Waals surface area (Å²) in [6, 6.07) is 8.60. The highest BCUT2D eigenvalue weighted by Gasteiger charge is 2.28. The highest BCUT2D eigenvalue weighted by molar-refractivity contribution is 5.95. The van der Waals surface area contributed by atoms with Crippen LogP contribution in [0.4, 0.5) is 5.69 Å². The first-order valence-electron chi connectivity index (χ1n) is 9.12. The van der Waals surface area contributed by atoms with Gasteiger partial charge in [-0.2, -0.15) is 0 Å². The summed E-state index contributed by atoms with van der Waals surface area (Å²) in [6.45, 7) is 7.80. The van der Waals surface area contributed by atoms with Crippen LogP contribution in [0.2, 0.25) is 0 Å². The Balaban J connectivity index is 0.00000169. The van der Waals surface area contributed by atoms with Crippen LogP contribution in [0.1, 0.15) is 38.7 Å². The molecular formula is C19H31Cl2N3O2. The Kier molecular flexibility index (Phi) is 9.90. The Hall–Kier alpha value is -0.850. The highest BCUT2D eigenvalue weighted by Crippen LogP contribution is 2.20. The molecule has 2 fully saturated rings. The topological polar surface area (TPSA) is 53.6 Å². The fourth-order valence-corrected chi connectivity index (χ4v) is 3.57. The zero-order valence-corrected chi connectivity index (χ0v) is 17.2. The molecule has 2 N–H and O–H groups in total. The van der Waals surface area contributed by atoms with Gasteiger partial charge in [0.25, 0.3) is 0 Å². The quantitative estimate of drug-likeness (QED) is 0.809. The molecule has 7 heteroatoms. The van der Waals surface area contributed by atoms with Gasteiger partial charge in [-0.1, -0.05) is 18.6 Å². The zero-order valence-electron chi connectivity index (χ0n) is 15.6. The van der Waals surface area contributed by atoms with Gasteiger partial charge in [0.15, 0.2) is 0 Å². The van der Waals surface area contributed by atoms with Gasteiger partial charge in [-0.05, 0) is 50.9 Å². The third-order valence-corrected chi connectivity index (χ3v) is 5.15. The maximum absolute atomic E-state index is 12.4. The molecule has 1 aromatic carbocycles. The number of hydrogen-bond donors (Lipinski definition) is 2. The van der Waals surface area contributed by atoms with Gasteiger partial charge in [-0.3, -0.25) is 9.69 Å². The van der Waals surface area contributed by atoms with Crippen molar-refractivity contribution in [3.63, 3.8) is 0 Å². The van der Waals surface area contributed by atoms with Crippen molar-refractivity contribution in [2.45, 2.75) is 57.8 Å². The van der Waals surface area contributed by atoms with E-state index in [-0.39, 0.29) is 42.9 Å². The Morgan fingerprint density at radius 3 is 2.62 bits per heavy atom. The molecule has 26 heavy (non-hydrogen) atoms. The maximum atomic E-state index is 12.4. The van der Waals surface area contributed by atoms with Crippen LogP contribution in [-0.4, -0.2) is 48.7 Å². The van der Waals surface area contributed by atoms with Crippen LogP contribution >= 0.6 is 24.8 Å². The third-order valence-electron chi connectivity index (χ3n) is 5.15. The Bertz CT molecular complexity index is 556. The summed E-state index contributed by atoms with van der Waals surface area (Å²) in [6.07, 6.45) is 3.84. The van der Waals surface area contributed by atoms with Gasteiger partial charge in [0.1, 0.15) is 6.04 Å². The van der Waals surface area contributed by atoms with Crippen molar-refractivity contribution in [1.29, 1.82) is 0 Å². The smallest absolute Gasteiger partial charge is 0.244 e. The fourth-order valence-electron chi connectivity index (χ4n) is 3.57. The Morgan fingerprint density at radius 2 is 1.96 bits per heavy atom. The van der Waals surface area contributed by atoms with E-state index in [1.807, 2.05) is 19.1 Å². The number of halogens is 2. The Morgan fingerprint density at radius 1 is 1.23 bits per heavy atom. The van der Waals surface area contributed by atoms with Crippen molar-refractivity contribution in [3.05, 3.63) is 29.8 Å². The van der Waals surface area contributed by atoms with E-state index in [1.165, 1.54) is 31.4 Å². The minimum Gasteiger partial charge on any atom is -0.375 e. The lowest BCUT2D eigenvalue weighted by Crippen LogP contribution is -2.53. The lowest BCUT2D eigenvalue weighted by atomic mass is 10.0. The predicted molar refractivity (Wildman–Crippen MR) is 110 cm³/mol. The average Bonchev–Trinajstić information content (AvgIpc) is 2.59. The molecule has 0 radical (unpaired) electrons. The van der Waals surface area contributed by atoms with Gasteiger partial charge in [0.05, 0.1) is 12.7 Å². The van der Waals surface area contributed by atoms with Crippen LogP contribution < -0.4 is 10.6 Å². The third kappa shape index (κ3) is 6.10. The summed E-state index contributed by atoms with van der Waals surface area (Å²) < 4.78 is 5.53. The molecule has 3 atom stereocenters. The molecule has 0 aliphatic carbocycles. The van der Waals surface area contributed by atoms with Crippen molar-refractivity contribution in [2.24, 2.45) is 0 Å². The number of amides is 1. The molecule has 0 aromatic heterocycles. The number of anilines is 1. The molecule has 2 heterocycles. The second-order valence-electron chi connectivity index (χ2n) is 7.01. The molecule has 1 amide bonds. The first-order valence-corrected chi connectivity index (χ1v) is 9.12. The first kappa shape index (κ1) is 23.2. The second kappa shape index (κ2) is 11.1. The molecule has 2 aliphatic heterocycles. The number of carbonyl (C=O) groups is 1. The minimum absolute atomic E-state index is 0. The lowest BCUT2D eigenvalue weighted by Gasteiger charge is -2.33. The molecule has 5 nitrogen and oxygen atoms in total. The van der Waals surface area contributed by atoms with Crippen molar-refractivity contribution in [1.82, 2.24) is 10.2 Å². The number of likely N-dealkylation sites (tertiary alicyclic amines) is 1. The summed E-state index contributed by atoms with van der Waals surface area (Å²) in [5, 5.41) is 6.20. The largest absolute Gasteiger partial charge is 0.375 e. The normalized spacial score (nSPS) is 26.3. The van der Waals surface area contributed by atoms with Gasteiger partial charge < -0.3 is 15.4 Å². The average molecular weight is 404 g/mol. The van der Waals surface area contributed by atoms with Crippen molar-refractivity contribution >= 4 is 36.4 Å². The number of nitrogens with one attached hydrogen (secondary N) is 2. The number of piperidine rings is 1. The molecule has 2 saturated heterocycles. The second-order valence-corrected chi connectivity index (χ2v) is 7.01.